The van der Waals surface area contributed by atoms with E-state index in [1.165, 1.54) is 6.42 Å². The van der Waals surface area contributed by atoms with Gasteiger partial charge in [0.25, 0.3) is 0 Å². The van der Waals surface area contributed by atoms with E-state index in [4.69, 9.17) is 0 Å². The minimum Gasteiger partial charge on any atom is -0.0848 e. The van der Waals surface area contributed by atoms with Crippen LogP contribution in [0.5, 0.6) is 0 Å². The minimum atomic E-state index is 0.759. The normalized spacial score (nSPS) is 54.4. The molecule has 2 bridgehead atoms. The van der Waals surface area contributed by atoms with E-state index >= 15 is 0 Å². The minimum absolute atomic E-state index is 0.759. The standard InChI is InChI=1S/C10H10/c1-2-9-7-4-5-8(6-7)10(9)3-1/h1-2,4-5,7-10H,6H2. The molecule has 2 radical (unpaired) electrons. The number of fused-ring (bicyclic) bond motifs is 5. The van der Waals surface area contributed by atoms with Gasteiger partial charge in [-0.15, -0.1) is 0 Å². The lowest BCUT2D eigenvalue weighted by molar-refractivity contribution is 0.448. The van der Waals surface area contributed by atoms with Crippen molar-refractivity contribution in [3.63, 3.8) is 0 Å². The van der Waals surface area contributed by atoms with Crippen LogP contribution in [0.3, 0.4) is 0 Å². The monoisotopic (exact) mass is 130 g/mol. The van der Waals surface area contributed by atoms with Crippen LogP contribution in [0.25, 0.3) is 0 Å². The van der Waals surface area contributed by atoms with Crippen LogP contribution in [-0.4, -0.2) is 0 Å². The molecular formula is C10H10. The summed E-state index contributed by atoms with van der Waals surface area (Å²) in [6.07, 6.45) is 14.0. The van der Waals surface area contributed by atoms with E-state index < -0.39 is 0 Å². The molecule has 0 nitrogen and oxygen atoms in total. The molecule has 0 amide bonds. The first kappa shape index (κ1) is 5.17. The van der Waals surface area contributed by atoms with E-state index in [1.54, 1.807) is 0 Å². The van der Waals surface area contributed by atoms with Gasteiger partial charge in [0, 0.05) is 6.42 Å². The zero-order valence-electron chi connectivity index (χ0n) is 5.83. The third kappa shape index (κ3) is 0.448. The summed E-state index contributed by atoms with van der Waals surface area (Å²) in [5.41, 5.74) is 0. The second-order valence-electron chi connectivity index (χ2n) is 3.58. The third-order valence-electron chi connectivity index (χ3n) is 3.13. The van der Waals surface area contributed by atoms with Crippen LogP contribution in [0.2, 0.25) is 0 Å². The highest BCUT2D eigenvalue weighted by molar-refractivity contribution is 5.27. The Bertz CT molecular complexity index is 212. The van der Waals surface area contributed by atoms with E-state index in [-0.39, 0.29) is 0 Å². The van der Waals surface area contributed by atoms with Crippen molar-refractivity contribution in [2.75, 3.05) is 0 Å². The van der Waals surface area contributed by atoms with Gasteiger partial charge in [-0.1, -0.05) is 24.3 Å². The largest absolute Gasteiger partial charge is 0.0848 e. The van der Waals surface area contributed by atoms with Gasteiger partial charge in [0.2, 0.25) is 0 Å². The summed E-state index contributed by atoms with van der Waals surface area (Å²) >= 11 is 0. The lowest BCUT2D eigenvalue weighted by Gasteiger charge is -2.18. The summed E-state index contributed by atoms with van der Waals surface area (Å²) in [7, 11) is 0. The smallest absolute Gasteiger partial charge is 0.0127 e. The van der Waals surface area contributed by atoms with Crippen LogP contribution in [0, 0.1) is 30.1 Å². The summed E-state index contributed by atoms with van der Waals surface area (Å²) in [6, 6.07) is 0. The lowest BCUT2D eigenvalue weighted by atomic mass is 9.86. The van der Waals surface area contributed by atoms with Crippen molar-refractivity contribution in [2.24, 2.45) is 23.7 Å². The molecule has 3 aliphatic rings. The SMILES string of the molecule is [C]1C=CC2C3C=CC(C3)C12. The molecule has 0 heterocycles. The van der Waals surface area contributed by atoms with Crippen LogP contribution >= 0.6 is 0 Å². The number of hydrogen-bond donors (Lipinski definition) is 0. The summed E-state index contributed by atoms with van der Waals surface area (Å²) in [4.78, 5) is 0. The first-order chi connectivity index (χ1) is 4.95. The Labute approximate surface area is 61.6 Å². The van der Waals surface area contributed by atoms with Gasteiger partial charge >= 0.3 is 0 Å². The van der Waals surface area contributed by atoms with Crippen LogP contribution < -0.4 is 0 Å². The van der Waals surface area contributed by atoms with Crippen molar-refractivity contribution in [2.45, 2.75) is 6.42 Å². The maximum Gasteiger partial charge on any atom is 0.0127 e. The summed E-state index contributed by atoms with van der Waals surface area (Å²) < 4.78 is 0. The molecule has 0 aromatic carbocycles. The summed E-state index contributed by atoms with van der Waals surface area (Å²) in [5.74, 6) is 3.29. The first-order valence-electron chi connectivity index (χ1n) is 4.06. The maximum atomic E-state index is 3.42. The Morgan fingerprint density at radius 3 is 2.90 bits per heavy atom. The van der Waals surface area contributed by atoms with Gasteiger partial charge in [-0.2, -0.15) is 0 Å². The molecule has 10 heavy (non-hydrogen) atoms. The van der Waals surface area contributed by atoms with Crippen molar-refractivity contribution >= 4 is 0 Å². The van der Waals surface area contributed by atoms with Gasteiger partial charge in [-0.05, 0) is 30.1 Å². The molecule has 0 aliphatic heterocycles. The van der Waals surface area contributed by atoms with E-state index in [2.05, 4.69) is 30.7 Å². The summed E-state index contributed by atoms with van der Waals surface area (Å²) in [5, 5.41) is 0. The molecule has 1 fully saturated rings. The molecule has 3 aliphatic carbocycles. The van der Waals surface area contributed by atoms with Gasteiger partial charge in [0.1, 0.15) is 0 Å². The lowest BCUT2D eigenvalue weighted by Crippen LogP contribution is -2.12. The fraction of sp³-hybridized carbons (Fsp3) is 0.500. The average molecular weight is 130 g/mol. The molecule has 0 spiro atoms. The van der Waals surface area contributed by atoms with Crippen molar-refractivity contribution < 1.29 is 0 Å². The zero-order chi connectivity index (χ0) is 6.55. The van der Waals surface area contributed by atoms with Crippen LogP contribution in [0.4, 0.5) is 0 Å². The zero-order valence-corrected chi connectivity index (χ0v) is 5.83. The Hall–Kier alpha value is -0.520. The Balaban J connectivity index is 2.04. The van der Waals surface area contributed by atoms with Crippen LogP contribution in [-0.2, 0) is 0 Å². The Morgan fingerprint density at radius 1 is 1.10 bits per heavy atom. The maximum absolute atomic E-state index is 3.42. The van der Waals surface area contributed by atoms with Crippen molar-refractivity contribution in [1.29, 1.82) is 0 Å². The molecule has 1 saturated carbocycles. The van der Waals surface area contributed by atoms with Crippen LogP contribution in [0.15, 0.2) is 24.3 Å². The Morgan fingerprint density at radius 2 is 2.00 bits per heavy atom. The molecule has 0 saturated heterocycles. The number of hydrogen-bond acceptors (Lipinski definition) is 0. The molecule has 0 heteroatoms. The van der Waals surface area contributed by atoms with Gasteiger partial charge in [-0.25, -0.2) is 0 Å². The van der Waals surface area contributed by atoms with Crippen molar-refractivity contribution in [1.82, 2.24) is 0 Å². The molecule has 0 aromatic rings. The van der Waals surface area contributed by atoms with E-state index in [9.17, 15) is 0 Å². The molecule has 50 valence electrons. The van der Waals surface area contributed by atoms with Gasteiger partial charge in [0.05, 0.1) is 0 Å². The predicted octanol–water partition coefficient (Wildman–Crippen LogP) is 2.08. The number of allylic oxidation sites excluding steroid dienone is 4. The summed E-state index contributed by atoms with van der Waals surface area (Å²) in [6.45, 7) is 0. The van der Waals surface area contributed by atoms with Crippen LogP contribution in [0.1, 0.15) is 6.42 Å². The van der Waals surface area contributed by atoms with E-state index in [0.29, 0.717) is 0 Å². The highest BCUT2D eigenvalue weighted by Crippen LogP contribution is 2.52. The second kappa shape index (κ2) is 1.55. The van der Waals surface area contributed by atoms with Gasteiger partial charge in [0.15, 0.2) is 0 Å². The molecule has 4 unspecified atom stereocenters. The molecule has 4 atom stereocenters. The fourth-order valence-corrected chi connectivity index (χ4v) is 2.64. The molecular weight excluding hydrogens is 120 g/mol. The van der Waals surface area contributed by atoms with Crippen molar-refractivity contribution in [3.05, 3.63) is 30.7 Å². The quantitative estimate of drug-likeness (QED) is 0.440. The van der Waals surface area contributed by atoms with Gasteiger partial charge < -0.3 is 0 Å². The molecule has 0 aromatic heterocycles. The predicted molar refractivity (Wildman–Crippen MR) is 40.1 cm³/mol. The van der Waals surface area contributed by atoms with Gasteiger partial charge in [-0.3, -0.25) is 0 Å². The topological polar surface area (TPSA) is 0 Å². The van der Waals surface area contributed by atoms with E-state index in [1.807, 2.05) is 0 Å². The fourth-order valence-electron chi connectivity index (χ4n) is 2.64. The molecule has 0 N–H and O–H groups in total. The highest BCUT2D eigenvalue weighted by Gasteiger charge is 2.44. The van der Waals surface area contributed by atoms with E-state index in [0.717, 1.165) is 23.7 Å². The number of rotatable bonds is 0. The average Bonchev–Trinajstić information content (AvgIpc) is 2.60. The highest BCUT2D eigenvalue weighted by atomic mass is 14.5. The Kier molecular flexibility index (Phi) is 0.803. The second-order valence-corrected chi connectivity index (χ2v) is 3.58. The first-order valence-corrected chi connectivity index (χ1v) is 4.06. The van der Waals surface area contributed by atoms with Crippen molar-refractivity contribution in [3.8, 4) is 0 Å². The third-order valence-corrected chi connectivity index (χ3v) is 3.13. The molecule has 3 rings (SSSR count).